The predicted molar refractivity (Wildman–Crippen MR) is 98.4 cm³/mol. The Morgan fingerprint density at radius 3 is 2.35 bits per heavy atom. The topological polar surface area (TPSA) is 130 Å². The van der Waals surface area contributed by atoms with Gasteiger partial charge in [-0.05, 0) is 18.6 Å². The van der Waals surface area contributed by atoms with Crippen LogP contribution >= 0.6 is 0 Å². The number of fused-ring (bicyclic) bond motifs is 1. The van der Waals surface area contributed by atoms with Crippen LogP contribution in [-0.4, -0.2) is 45.5 Å². The minimum Gasteiger partial charge on any atom is -0.480 e. The molecule has 0 aliphatic rings. The number of carbonyl (C=O) groups is 2. The first-order chi connectivity index (χ1) is 12.1. The fourth-order valence-corrected chi connectivity index (χ4v) is 4.10. The van der Waals surface area contributed by atoms with Gasteiger partial charge in [0, 0.05) is 37.0 Å². The zero-order valence-corrected chi connectivity index (χ0v) is 15.3. The largest absolute Gasteiger partial charge is 0.480 e. The van der Waals surface area contributed by atoms with Gasteiger partial charge in [-0.3, -0.25) is 9.59 Å². The van der Waals surface area contributed by atoms with Crippen molar-refractivity contribution in [1.29, 1.82) is 0 Å². The standard InChI is InChI=1S/C17H21N3O5S/c1-20(2)14-7-3-6-12-11(14)5-4-8-15(12)26(24,25)19-13(17(22)23)9-10-16(18)21/h3-8,13,19H,9-10H2,1-2H3,(H2,18,21)(H,22,23)/t13-/m1/s1. The molecule has 2 aromatic rings. The van der Waals surface area contributed by atoms with Crippen LogP contribution in [0, 0.1) is 0 Å². The summed E-state index contributed by atoms with van der Waals surface area (Å²) in [6.07, 6.45) is -0.461. The van der Waals surface area contributed by atoms with Crippen LogP contribution in [0.3, 0.4) is 0 Å². The summed E-state index contributed by atoms with van der Waals surface area (Å²) in [6.45, 7) is 0. The van der Waals surface area contributed by atoms with Crippen molar-refractivity contribution in [2.24, 2.45) is 5.73 Å². The second-order valence-corrected chi connectivity index (χ2v) is 7.72. The van der Waals surface area contributed by atoms with Crippen LogP contribution < -0.4 is 15.4 Å². The van der Waals surface area contributed by atoms with Crippen LogP contribution in [0.25, 0.3) is 10.8 Å². The lowest BCUT2D eigenvalue weighted by molar-refractivity contribution is -0.139. The Balaban J connectivity index is 2.47. The molecule has 2 aromatic carbocycles. The van der Waals surface area contributed by atoms with Crippen molar-refractivity contribution in [2.75, 3.05) is 19.0 Å². The van der Waals surface area contributed by atoms with Crippen molar-refractivity contribution in [1.82, 2.24) is 4.72 Å². The highest BCUT2D eigenvalue weighted by atomic mass is 32.2. The number of carboxylic acids is 1. The number of carboxylic acid groups (broad SMARTS) is 1. The maximum Gasteiger partial charge on any atom is 0.321 e. The lowest BCUT2D eigenvalue weighted by Gasteiger charge is -2.18. The molecule has 0 saturated carbocycles. The molecule has 0 aromatic heterocycles. The van der Waals surface area contributed by atoms with Crippen LogP contribution in [0.4, 0.5) is 5.69 Å². The maximum atomic E-state index is 12.8. The van der Waals surface area contributed by atoms with Gasteiger partial charge >= 0.3 is 5.97 Å². The molecule has 2 rings (SSSR count). The summed E-state index contributed by atoms with van der Waals surface area (Å²) in [7, 11) is -0.431. The van der Waals surface area contributed by atoms with Gasteiger partial charge in [-0.25, -0.2) is 8.42 Å². The molecule has 4 N–H and O–H groups in total. The van der Waals surface area contributed by atoms with E-state index in [0.717, 1.165) is 11.1 Å². The number of rotatable bonds is 8. The number of hydrogen-bond acceptors (Lipinski definition) is 5. The predicted octanol–water partition coefficient (Wildman–Crippen LogP) is 0.903. The average Bonchev–Trinajstić information content (AvgIpc) is 2.56. The summed E-state index contributed by atoms with van der Waals surface area (Å²) in [5.41, 5.74) is 5.86. The van der Waals surface area contributed by atoms with E-state index in [1.807, 2.05) is 25.1 Å². The van der Waals surface area contributed by atoms with Crippen molar-refractivity contribution >= 4 is 38.4 Å². The molecule has 0 heterocycles. The third-order valence-corrected chi connectivity index (χ3v) is 5.44. The van der Waals surface area contributed by atoms with Gasteiger partial charge in [0.1, 0.15) is 6.04 Å². The van der Waals surface area contributed by atoms with Crippen LogP contribution in [-0.2, 0) is 19.6 Å². The minimum absolute atomic E-state index is 0.0241. The SMILES string of the molecule is CN(C)c1cccc2c(S(=O)(=O)N[C@H](CCC(N)=O)C(=O)O)cccc12. The Morgan fingerprint density at radius 1 is 1.15 bits per heavy atom. The second-order valence-electron chi connectivity index (χ2n) is 6.04. The third kappa shape index (κ3) is 4.30. The minimum atomic E-state index is -4.12. The Hall–Kier alpha value is -2.65. The molecule has 1 amide bonds. The van der Waals surface area contributed by atoms with Gasteiger partial charge in [0.25, 0.3) is 0 Å². The van der Waals surface area contributed by atoms with Gasteiger partial charge in [-0.15, -0.1) is 0 Å². The molecule has 8 nitrogen and oxygen atoms in total. The molecule has 0 aliphatic carbocycles. The summed E-state index contributed by atoms with van der Waals surface area (Å²) in [4.78, 5) is 24.1. The lowest BCUT2D eigenvalue weighted by Crippen LogP contribution is -2.41. The van der Waals surface area contributed by atoms with E-state index >= 15 is 0 Å². The van der Waals surface area contributed by atoms with Crippen LogP contribution in [0.1, 0.15) is 12.8 Å². The number of nitrogens with two attached hydrogens (primary N) is 1. The first-order valence-corrected chi connectivity index (χ1v) is 9.34. The highest BCUT2D eigenvalue weighted by Gasteiger charge is 2.27. The van der Waals surface area contributed by atoms with E-state index in [0.29, 0.717) is 5.39 Å². The Labute approximate surface area is 151 Å². The Kier molecular flexibility index (Phi) is 5.83. The summed E-state index contributed by atoms with van der Waals surface area (Å²) in [6, 6.07) is 8.62. The number of amides is 1. The van der Waals surface area contributed by atoms with Crippen LogP contribution in [0.5, 0.6) is 0 Å². The highest BCUT2D eigenvalue weighted by molar-refractivity contribution is 7.89. The van der Waals surface area contributed by atoms with Gasteiger partial charge in [-0.2, -0.15) is 4.72 Å². The number of carbonyl (C=O) groups excluding carboxylic acids is 1. The number of nitrogens with zero attached hydrogens (tertiary/aromatic N) is 1. The third-order valence-electron chi connectivity index (χ3n) is 3.91. The van der Waals surface area contributed by atoms with Crippen molar-refractivity contribution in [3.05, 3.63) is 36.4 Å². The molecule has 0 bridgehead atoms. The molecule has 0 aliphatic heterocycles. The molecule has 140 valence electrons. The van der Waals surface area contributed by atoms with E-state index in [1.54, 1.807) is 24.3 Å². The summed E-state index contributed by atoms with van der Waals surface area (Å²) in [5.74, 6) is -2.07. The number of hydrogen-bond donors (Lipinski definition) is 3. The van der Waals surface area contributed by atoms with Crippen molar-refractivity contribution in [2.45, 2.75) is 23.8 Å². The average molecular weight is 379 g/mol. The second kappa shape index (κ2) is 7.71. The summed E-state index contributed by atoms with van der Waals surface area (Å²) in [5, 5.41) is 10.4. The molecule has 1 atom stereocenters. The summed E-state index contributed by atoms with van der Waals surface area (Å²) >= 11 is 0. The van der Waals surface area contributed by atoms with E-state index in [-0.39, 0.29) is 17.7 Å². The fraction of sp³-hybridized carbons (Fsp3) is 0.294. The van der Waals surface area contributed by atoms with Gasteiger partial charge in [0.05, 0.1) is 4.90 Å². The lowest BCUT2D eigenvalue weighted by atomic mass is 10.1. The molecule has 0 unspecified atom stereocenters. The van der Waals surface area contributed by atoms with Crippen molar-refractivity contribution in [3.8, 4) is 0 Å². The first kappa shape index (κ1) is 19.7. The van der Waals surface area contributed by atoms with E-state index in [4.69, 9.17) is 5.73 Å². The van der Waals surface area contributed by atoms with E-state index < -0.39 is 27.9 Å². The zero-order valence-electron chi connectivity index (χ0n) is 14.5. The van der Waals surface area contributed by atoms with E-state index in [1.165, 1.54) is 6.07 Å². The molecule has 0 saturated heterocycles. The number of nitrogens with one attached hydrogen (secondary N) is 1. The summed E-state index contributed by atoms with van der Waals surface area (Å²) < 4.78 is 27.7. The monoisotopic (exact) mass is 379 g/mol. The fourth-order valence-electron chi connectivity index (χ4n) is 2.66. The number of benzene rings is 2. The number of sulfonamides is 1. The van der Waals surface area contributed by atoms with E-state index in [9.17, 15) is 23.1 Å². The van der Waals surface area contributed by atoms with Gasteiger partial charge in [-0.1, -0.05) is 24.3 Å². The number of anilines is 1. The van der Waals surface area contributed by atoms with Crippen LogP contribution in [0.2, 0.25) is 0 Å². The van der Waals surface area contributed by atoms with Crippen molar-refractivity contribution < 1.29 is 23.1 Å². The number of primary amides is 1. The van der Waals surface area contributed by atoms with Gasteiger partial charge in [0.15, 0.2) is 0 Å². The molecule has 26 heavy (non-hydrogen) atoms. The molecule has 9 heteroatoms. The molecular formula is C17H21N3O5S. The quantitative estimate of drug-likeness (QED) is 0.625. The van der Waals surface area contributed by atoms with Crippen LogP contribution in [0.15, 0.2) is 41.3 Å². The Bertz CT molecular complexity index is 941. The normalized spacial score (nSPS) is 12.7. The zero-order chi connectivity index (χ0) is 19.5. The maximum absolute atomic E-state index is 12.8. The smallest absolute Gasteiger partial charge is 0.321 e. The highest BCUT2D eigenvalue weighted by Crippen LogP contribution is 2.30. The molecule has 0 fully saturated rings. The molecular weight excluding hydrogens is 358 g/mol. The number of aliphatic carboxylic acids is 1. The Morgan fingerprint density at radius 2 is 1.77 bits per heavy atom. The first-order valence-electron chi connectivity index (χ1n) is 7.86. The van der Waals surface area contributed by atoms with Crippen molar-refractivity contribution in [3.63, 3.8) is 0 Å². The molecule has 0 spiro atoms. The van der Waals surface area contributed by atoms with Gasteiger partial charge in [0.2, 0.25) is 15.9 Å². The van der Waals surface area contributed by atoms with Gasteiger partial charge < -0.3 is 15.7 Å². The molecule has 0 radical (unpaired) electrons. The van der Waals surface area contributed by atoms with E-state index in [2.05, 4.69) is 4.72 Å².